The lowest BCUT2D eigenvalue weighted by Crippen LogP contribution is -2.23. The summed E-state index contributed by atoms with van der Waals surface area (Å²) in [6.45, 7) is 6.42. The second kappa shape index (κ2) is 6.77. The number of aryl methyl sites for hydroxylation is 1. The van der Waals surface area contributed by atoms with Gasteiger partial charge in [0.15, 0.2) is 0 Å². The van der Waals surface area contributed by atoms with Crippen LogP contribution >= 0.6 is 0 Å². The molecule has 0 saturated carbocycles. The second-order valence-electron chi connectivity index (χ2n) is 5.68. The summed E-state index contributed by atoms with van der Waals surface area (Å²) in [4.78, 5) is 0. The van der Waals surface area contributed by atoms with Gasteiger partial charge in [-0.1, -0.05) is 36.4 Å². The van der Waals surface area contributed by atoms with Crippen molar-refractivity contribution < 1.29 is 4.74 Å². The molecule has 0 fully saturated rings. The Morgan fingerprint density at radius 3 is 2.29 bits per heavy atom. The van der Waals surface area contributed by atoms with Gasteiger partial charge in [0, 0.05) is 11.6 Å². The van der Waals surface area contributed by atoms with E-state index in [-0.39, 0.29) is 0 Å². The minimum Gasteiger partial charge on any atom is -0.496 e. The van der Waals surface area contributed by atoms with Crippen molar-refractivity contribution in [2.75, 3.05) is 14.2 Å². The van der Waals surface area contributed by atoms with Crippen LogP contribution < -0.4 is 10.1 Å². The van der Waals surface area contributed by atoms with E-state index < -0.39 is 0 Å². The maximum Gasteiger partial charge on any atom is 0.129 e. The highest BCUT2D eigenvalue weighted by molar-refractivity contribution is 5.73. The lowest BCUT2D eigenvalue weighted by Gasteiger charge is -2.15. The zero-order valence-corrected chi connectivity index (χ0v) is 13.7. The fraction of sp³-hybridized carbons (Fsp3) is 0.368. The molecule has 0 aromatic heterocycles. The summed E-state index contributed by atoms with van der Waals surface area (Å²) in [5.74, 6) is 0.978. The number of benzene rings is 2. The van der Waals surface area contributed by atoms with Gasteiger partial charge in [-0.05, 0) is 56.5 Å². The lowest BCUT2D eigenvalue weighted by molar-refractivity contribution is 0.413. The van der Waals surface area contributed by atoms with Gasteiger partial charge < -0.3 is 10.1 Å². The highest BCUT2D eigenvalue weighted by Gasteiger charge is 2.10. The summed E-state index contributed by atoms with van der Waals surface area (Å²) in [6.07, 6.45) is 1.04. The lowest BCUT2D eigenvalue weighted by atomic mass is 9.97. The highest BCUT2D eigenvalue weighted by atomic mass is 16.5. The average Bonchev–Trinajstić information content (AvgIpc) is 2.50. The molecule has 1 unspecified atom stereocenters. The van der Waals surface area contributed by atoms with Gasteiger partial charge in [-0.3, -0.25) is 0 Å². The number of methoxy groups -OCH3 is 1. The molecule has 2 heteroatoms. The molecule has 0 bridgehead atoms. The maximum absolute atomic E-state index is 5.61. The first kappa shape index (κ1) is 15.6. The van der Waals surface area contributed by atoms with Crippen LogP contribution in [0.4, 0.5) is 0 Å². The van der Waals surface area contributed by atoms with E-state index in [9.17, 15) is 0 Å². The van der Waals surface area contributed by atoms with Crippen LogP contribution in [0, 0.1) is 13.8 Å². The predicted octanol–water partition coefficient (Wildman–Crippen LogP) is 4.13. The van der Waals surface area contributed by atoms with Crippen molar-refractivity contribution >= 4 is 0 Å². The van der Waals surface area contributed by atoms with Crippen molar-refractivity contribution in [1.29, 1.82) is 0 Å². The summed E-state index contributed by atoms with van der Waals surface area (Å²) >= 11 is 0. The monoisotopic (exact) mass is 283 g/mol. The molecular formula is C19H25NO. The first-order valence-electron chi connectivity index (χ1n) is 7.47. The number of hydrogen-bond donors (Lipinski definition) is 1. The smallest absolute Gasteiger partial charge is 0.129 e. The van der Waals surface area contributed by atoms with Gasteiger partial charge in [0.25, 0.3) is 0 Å². The van der Waals surface area contributed by atoms with Crippen molar-refractivity contribution in [2.24, 2.45) is 0 Å². The number of likely N-dealkylation sites (N-methyl/N-ethyl adjacent to an activating group) is 1. The molecule has 0 radical (unpaired) electrons. The van der Waals surface area contributed by atoms with Gasteiger partial charge in [0.05, 0.1) is 7.11 Å². The Labute approximate surface area is 128 Å². The van der Waals surface area contributed by atoms with Gasteiger partial charge in [0.1, 0.15) is 5.75 Å². The van der Waals surface area contributed by atoms with Crippen LogP contribution in [0.1, 0.15) is 23.6 Å². The van der Waals surface area contributed by atoms with E-state index in [4.69, 9.17) is 4.74 Å². The fourth-order valence-corrected chi connectivity index (χ4v) is 2.56. The Kier molecular flexibility index (Phi) is 5.03. The molecule has 1 atom stereocenters. The van der Waals surface area contributed by atoms with Crippen LogP contribution in [0.5, 0.6) is 5.75 Å². The number of ether oxygens (including phenoxy) is 1. The third-order valence-corrected chi connectivity index (χ3v) is 4.18. The number of rotatable bonds is 5. The van der Waals surface area contributed by atoms with Gasteiger partial charge in [-0.2, -0.15) is 0 Å². The molecule has 2 aromatic carbocycles. The Bertz CT molecular complexity index is 602. The molecule has 2 nitrogen and oxygen atoms in total. The molecular weight excluding hydrogens is 258 g/mol. The average molecular weight is 283 g/mol. The third-order valence-electron chi connectivity index (χ3n) is 4.18. The van der Waals surface area contributed by atoms with Crippen LogP contribution in [0.2, 0.25) is 0 Å². The Morgan fingerprint density at radius 1 is 1.05 bits per heavy atom. The number of hydrogen-bond acceptors (Lipinski definition) is 2. The summed E-state index contributed by atoms with van der Waals surface area (Å²) < 4.78 is 5.61. The van der Waals surface area contributed by atoms with Crippen LogP contribution in [0.15, 0.2) is 36.4 Å². The third kappa shape index (κ3) is 3.45. The normalized spacial score (nSPS) is 12.2. The molecule has 2 rings (SSSR count). The molecule has 0 heterocycles. The SMILES string of the molecule is CNC(C)Cc1ccc(-c2ccc(C)c(C)c2OC)cc1. The number of nitrogens with one attached hydrogen (secondary N) is 1. The van der Waals surface area contributed by atoms with Crippen LogP contribution in [0.25, 0.3) is 11.1 Å². The van der Waals surface area contributed by atoms with E-state index in [2.05, 4.69) is 62.5 Å². The van der Waals surface area contributed by atoms with E-state index in [1.54, 1.807) is 7.11 Å². The molecule has 0 aliphatic rings. The topological polar surface area (TPSA) is 21.3 Å². The van der Waals surface area contributed by atoms with E-state index in [0.717, 1.165) is 17.7 Å². The fourth-order valence-electron chi connectivity index (χ4n) is 2.56. The van der Waals surface area contributed by atoms with Crippen LogP contribution in [-0.2, 0) is 6.42 Å². The van der Waals surface area contributed by atoms with Crippen molar-refractivity contribution in [3.63, 3.8) is 0 Å². The van der Waals surface area contributed by atoms with Gasteiger partial charge in [-0.25, -0.2) is 0 Å². The van der Waals surface area contributed by atoms with Gasteiger partial charge >= 0.3 is 0 Å². The van der Waals surface area contributed by atoms with Crippen molar-refractivity contribution in [3.05, 3.63) is 53.1 Å². The molecule has 0 amide bonds. The Morgan fingerprint density at radius 2 is 1.71 bits per heavy atom. The summed E-state index contributed by atoms with van der Waals surface area (Å²) in [6, 6.07) is 13.6. The maximum atomic E-state index is 5.61. The van der Waals surface area contributed by atoms with E-state index in [1.807, 2.05) is 7.05 Å². The second-order valence-corrected chi connectivity index (χ2v) is 5.68. The van der Waals surface area contributed by atoms with E-state index in [0.29, 0.717) is 6.04 Å². The van der Waals surface area contributed by atoms with E-state index >= 15 is 0 Å². The Hall–Kier alpha value is -1.80. The molecule has 2 aromatic rings. The minimum absolute atomic E-state index is 0.493. The summed E-state index contributed by atoms with van der Waals surface area (Å²) in [5, 5.41) is 3.27. The van der Waals surface area contributed by atoms with Crippen molar-refractivity contribution in [2.45, 2.75) is 33.2 Å². The first-order chi connectivity index (χ1) is 10.1. The molecule has 21 heavy (non-hydrogen) atoms. The first-order valence-corrected chi connectivity index (χ1v) is 7.47. The quantitative estimate of drug-likeness (QED) is 0.891. The molecule has 0 aliphatic carbocycles. The molecule has 0 saturated heterocycles. The van der Waals surface area contributed by atoms with Gasteiger partial charge in [0.2, 0.25) is 0 Å². The zero-order chi connectivity index (χ0) is 15.4. The molecule has 0 spiro atoms. The van der Waals surface area contributed by atoms with E-state index in [1.165, 1.54) is 22.3 Å². The highest BCUT2D eigenvalue weighted by Crippen LogP contribution is 2.34. The largest absolute Gasteiger partial charge is 0.496 e. The molecule has 112 valence electrons. The zero-order valence-electron chi connectivity index (χ0n) is 13.7. The van der Waals surface area contributed by atoms with Crippen LogP contribution in [-0.4, -0.2) is 20.2 Å². The molecule has 1 N–H and O–H groups in total. The van der Waals surface area contributed by atoms with Crippen molar-refractivity contribution in [1.82, 2.24) is 5.32 Å². The minimum atomic E-state index is 0.493. The molecule has 0 aliphatic heterocycles. The Balaban J connectivity index is 2.33. The van der Waals surface area contributed by atoms with Crippen LogP contribution in [0.3, 0.4) is 0 Å². The summed E-state index contributed by atoms with van der Waals surface area (Å²) in [5.41, 5.74) is 6.19. The predicted molar refractivity (Wildman–Crippen MR) is 90.1 cm³/mol. The summed E-state index contributed by atoms with van der Waals surface area (Å²) in [7, 11) is 3.74. The van der Waals surface area contributed by atoms with Gasteiger partial charge in [-0.15, -0.1) is 0 Å². The van der Waals surface area contributed by atoms with Crippen molar-refractivity contribution in [3.8, 4) is 16.9 Å². The standard InChI is InChI=1S/C19H25NO/c1-13-6-11-18(19(21-5)15(13)3)17-9-7-16(8-10-17)12-14(2)20-4/h6-11,14,20H,12H2,1-5H3.